The van der Waals surface area contributed by atoms with Crippen molar-refractivity contribution in [3.8, 4) is 0 Å². The van der Waals surface area contributed by atoms with Crippen LogP contribution in [0.5, 0.6) is 0 Å². The van der Waals surface area contributed by atoms with Gasteiger partial charge in [0.25, 0.3) is 0 Å². The van der Waals surface area contributed by atoms with Crippen LogP contribution in [-0.4, -0.2) is 11.3 Å². The molecule has 0 aliphatic heterocycles. The van der Waals surface area contributed by atoms with Gasteiger partial charge >= 0.3 is 0 Å². The van der Waals surface area contributed by atoms with Gasteiger partial charge in [-0.05, 0) is 31.0 Å². The highest BCUT2D eigenvalue weighted by Gasteiger charge is 2.31. The summed E-state index contributed by atoms with van der Waals surface area (Å²) >= 11 is 5.49. The highest BCUT2D eigenvalue weighted by molar-refractivity contribution is 9.10. The zero-order chi connectivity index (χ0) is 11.4. The van der Waals surface area contributed by atoms with Gasteiger partial charge in [0.2, 0.25) is 0 Å². The van der Waals surface area contributed by atoms with E-state index in [0.717, 1.165) is 11.0 Å². The van der Waals surface area contributed by atoms with E-state index in [4.69, 9.17) is 5.73 Å². The summed E-state index contributed by atoms with van der Waals surface area (Å²) in [6.45, 7) is 0.796. The number of hydrogen-bond donors (Lipinski definition) is 1. The predicted octanol–water partition coefficient (Wildman–Crippen LogP) is 4.20. The van der Waals surface area contributed by atoms with Crippen LogP contribution >= 0.6 is 27.7 Å². The summed E-state index contributed by atoms with van der Waals surface area (Å²) in [4.78, 5) is 1.33. The standard InChI is InChI=1S/C13H18BrNS/c14-11-5-4-6-12(9-11)16-13(10-15)7-2-1-3-8-13/h4-6,9H,1-3,7-8,10,15H2. The Morgan fingerprint density at radius 3 is 2.62 bits per heavy atom. The molecule has 3 heteroatoms. The van der Waals surface area contributed by atoms with Crippen molar-refractivity contribution in [3.05, 3.63) is 28.7 Å². The number of rotatable bonds is 3. The smallest absolute Gasteiger partial charge is 0.0329 e. The van der Waals surface area contributed by atoms with E-state index in [2.05, 4.69) is 40.2 Å². The maximum atomic E-state index is 5.99. The summed E-state index contributed by atoms with van der Waals surface area (Å²) in [6, 6.07) is 8.54. The summed E-state index contributed by atoms with van der Waals surface area (Å²) in [5, 5.41) is 0. The molecule has 1 saturated carbocycles. The van der Waals surface area contributed by atoms with Crippen LogP contribution in [0.4, 0.5) is 0 Å². The van der Waals surface area contributed by atoms with Gasteiger partial charge in [-0.3, -0.25) is 0 Å². The third-order valence-electron chi connectivity index (χ3n) is 3.27. The zero-order valence-electron chi connectivity index (χ0n) is 9.42. The van der Waals surface area contributed by atoms with Crippen LogP contribution in [0.25, 0.3) is 0 Å². The Labute approximate surface area is 110 Å². The first-order valence-electron chi connectivity index (χ1n) is 5.89. The van der Waals surface area contributed by atoms with E-state index in [9.17, 15) is 0 Å². The van der Waals surface area contributed by atoms with Crippen LogP contribution in [0.15, 0.2) is 33.6 Å². The molecule has 0 aromatic heterocycles. The molecule has 0 heterocycles. The largest absolute Gasteiger partial charge is 0.329 e. The first kappa shape index (κ1) is 12.5. The molecule has 0 saturated heterocycles. The van der Waals surface area contributed by atoms with Gasteiger partial charge in [0.1, 0.15) is 0 Å². The normalized spacial score (nSPS) is 19.6. The van der Waals surface area contributed by atoms with Gasteiger partial charge in [-0.25, -0.2) is 0 Å². The molecule has 0 spiro atoms. The minimum absolute atomic E-state index is 0.291. The topological polar surface area (TPSA) is 26.0 Å². The Hall–Kier alpha value is 0.01000. The molecule has 2 rings (SSSR count). The Bertz CT molecular complexity index is 348. The first-order chi connectivity index (χ1) is 7.74. The van der Waals surface area contributed by atoms with Crippen LogP contribution in [0.3, 0.4) is 0 Å². The van der Waals surface area contributed by atoms with E-state index in [1.54, 1.807) is 0 Å². The second-order valence-corrected chi connectivity index (χ2v) is 6.96. The van der Waals surface area contributed by atoms with Crippen molar-refractivity contribution in [2.24, 2.45) is 5.73 Å². The summed E-state index contributed by atoms with van der Waals surface area (Å²) in [5.74, 6) is 0. The van der Waals surface area contributed by atoms with Crippen LogP contribution in [0, 0.1) is 0 Å². The van der Waals surface area contributed by atoms with E-state index in [-0.39, 0.29) is 0 Å². The van der Waals surface area contributed by atoms with E-state index in [1.807, 2.05) is 11.8 Å². The summed E-state index contributed by atoms with van der Waals surface area (Å²) in [7, 11) is 0. The number of benzene rings is 1. The van der Waals surface area contributed by atoms with Crippen LogP contribution < -0.4 is 5.73 Å². The molecule has 1 aromatic rings. The van der Waals surface area contributed by atoms with Crippen LogP contribution in [0.2, 0.25) is 0 Å². The van der Waals surface area contributed by atoms with Gasteiger partial charge in [-0.1, -0.05) is 41.3 Å². The van der Waals surface area contributed by atoms with Gasteiger partial charge in [0.05, 0.1) is 0 Å². The van der Waals surface area contributed by atoms with E-state index in [0.29, 0.717) is 4.75 Å². The summed E-state index contributed by atoms with van der Waals surface area (Å²) < 4.78 is 1.44. The molecule has 1 aliphatic carbocycles. The summed E-state index contributed by atoms with van der Waals surface area (Å²) in [6.07, 6.45) is 6.57. The van der Waals surface area contributed by atoms with Crippen molar-refractivity contribution in [2.75, 3.05) is 6.54 Å². The van der Waals surface area contributed by atoms with E-state index >= 15 is 0 Å². The Morgan fingerprint density at radius 2 is 2.00 bits per heavy atom. The van der Waals surface area contributed by atoms with Gasteiger partial charge in [-0.2, -0.15) is 0 Å². The molecular formula is C13H18BrNS. The SMILES string of the molecule is NCC1(Sc2cccc(Br)c2)CCCCC1. The molecular weight excluding hydrogens is 282 g/mol. The van der Waals surface area contributed by atoms with Crippen molar-refractivity contribution >= 4 is 27.7 Å². The maximum Gasteiger partial charge on any atom is 0.0329 e. The van der Waals surface area contributed by atoms with Gasteiger partial charge in [0, 0.05) is 20.7 Å². The lowest BCUT2D eigenvalue weighted by atomic mass is 9.88. The highest BCUT2D eigenvalue weighted by atomic mass is 79.9. The minimum Gasteiger partial charge on any atom is -0.329 e. The molecule has 1 fully saturated rings. The Balaban J connectivity index is 2.11. The fraction of sp³-hybridized carbons (Fsp3) is 0.538. The van der Waals surface area contributed by atoms with E-state index < -0.39 is 0 Å². The summed E-state index contributed by atoms with van der Waals surface area (Å²) in [5.41, 5.74) is 5.99. The fourth-order valence-corrected chi connectivity index (χ4v) is 4.28. The number of halogens is 1. The molecule has 0 unspecified atom stereocenters. The van der Waals surface area contributed by atoms with Crippen molar-refractivity contribution in [1.29, 1.82) is 0 Å². The van der Waals surface area contributed by atoms with Crippen molar-refractivity contribution in [2.45, 2.75) is 41.7 Å². The third kappa shape index (κ3) is 3.02. The third-order valence-corrected chi connectivity index (χ3v) is 5.26. The molecule has 0 radical (unpaired) electrons. The lowest BCUT2D eigenvalue weighted by Gasteiger charge is -2.35. The number of hydrogen-bond acceptors (Lipinski definition) is 2. The second kappa shape index (κ2) is 5.56. The molecule has 1 aliphatic rings. The molecule has 0 amide bonds. The van der Waals surface area contributed by atoms with Crippen molar-refractivity contribution < 1.29 is 0 Å². The zero-order valence-corrected chi connectivity index (χ0v) is 11.8. The highest BCUT2D eigenvalue weighted by Crippen LogP contribution is 2.43. The predicted molar refractivity (Wildman–Crippen MR) is 74.9 cm³/mol. The Morgan fingerprint density at radius 1 is 1.25 bits per heavy atom. The quantitative estimate of drug-likeness (QED) is 0.905. The number of thioether (sulfide) groups is 1. The number of nitrogens with two attached hydrogens (primary N) is 1. The van der Waals surface area contributed by atoms with E-state index in [1.165, 1.54) is 37.0 Å². The molecule has 16 heavy (non-hydrogen) atoms. The van der Waals surface area contributed by atoms with Crippen molar-refractivity contribution in [3.63, 3.8) is 0 Å². The minimum atomic E-state index is 0.291. The second-order valence-electron chi connectivity index (χ2n) is 4.51. The molecule has 88 valence electrons. The van der Waals surface area contributed by atoms with Gasteiger partial charge in [-0.15, -0.1) is 11.8 Å². The monoisotopic (exact) mass is 299 g/mol. The van der Waals surface area contributed by atoms with Gasteiger partial charge in [0.15, 0.2) is 0 Å². The average molecular weight is 300 g/mol. The average Bonchev–Trinajstić information content (AvgIpc) is 2.30. The molecule has 0 atom stereocenters. The van der Waals surface area contributed by atoms with Gasteiger partial charge < -0.3 is 5.73 Å². The lowest BCUT2D eigenvalue weighted by molar-refractivity contribution is 0.404. The molecule has 0 bridgehead atoms. The molecule has 1 nitrogen and oxygen atoms in total. The van der Waals surface area contributed by atoms with Crippen LogP contribution in [-0.2, 0) is 0 Å². The maximum absolute atomic E-state index is 5.99. The molecule has 1 aromatic carbocycles. The molecule has 2 N–H and O–H groups in total. The lowest BCUT2D eigenvalue weighted by Crippen LogP contribution is -2.36. The van der Waals surface area contributed by atoms with Crippen molar-refractivity contribution in [1.82, 2.24) is 0 Å². The first-order valence-corrected chi connectivity index (χ1v) is 7.50. The van der Waals surface area contributed by atoms with Crippen LogP contribution in [0.1, 0.15) is 32.1 Å². The fourth-order valence-electron chi connectivity index (χ4n) is 2.32. The Kier molecular flexibility index (Phi) is 4.34.